The number of halogens is 2. The predicted octanol–water partition coefficient (Wildman–Crippen LogP) is 5.49. The van der Waals surface area contributed by atoms with E-state index < -0.39 is 0 Å². The third kappa shape index (κ3) is 2.96. The SMILES string of the molecule is CSc1ccccc1C(Cl)c1c(C)cc(F)cc1C. The smallest absolute Gasteiger partial charge is 0.123 e. The van der Waals surface area contributed by atoms with Gasteiger partial charge in [-0.3, -0.25) is 0 Å². The van der Waals surface area contributed by atoms with Crippen LogP contribution in [0.25, 0.3) is 0 Å². The molecular formula is C16H16ClFS. The van der Waals surface area contributed by atoms with Crippen LogP contribution in [0.5, 0.6) is 0 Å². The van der Waals surface area contributed by atoms with Crippen LogP contribution in [0.3, 0.4) is 0 Å². The van der Waals surface area contributed by atoms with Crippen LogP contribution in [0.1, 0.15) is 27.6 Å². The van der Waals surface area contributed by atoms with E-state index in [4.69, 9.17) is 11.6 Å². The fourth-order valence-corrected chi connectivity index (χ4v) is 3.59. The molecule has 0 aliphatic carbocycles. The highest BCUT2D eigenvalue weighted by Gasteiger charge is 2.18. The summed E-state index contributed by atoms with van der Waals surface area (Å²) in [5, 5.41) is -0.246. The zero-order chi connectivity index (χ0) is 14.0. The van der Waals surface area contributed by atoms with E-state index in [2.05, 4.69) is 6.07 Å². The molecule has 0 bridgehead atoms. The molecule has 100 valence electrons. The van der Waals surface area contributed by atoms with Gasteiger partial charge < -0.3 is 0 Å². The summed E-state index contributed by atoms with van der Waals surface area (Å²) in [5.41, 5.74) is 3.88. The Morgan fingerprint density at radius 3 is 2.26 bits per heavy atom. The molecule has 0 nitrogen and oxygen atoms in total. The van der Waals surface area contributed by atoms with E-state index in [1.807, 2.05) is 38.3 Å². The maximum atomic E-state index is 13.4. The van der Waals surface area contributed by atoms with E-state index in [9.17, 15) is 4.39 Å². The minimum Gasteiger partial charge on any atom is -0.207 e. The molecule has 0 N–H and O–H groups in total. The molecule has 0 fully saturated rings. The second-order valence-electron chi connectivity index (χ2n) is 4.56. The number of alkyl halides is 1. The lowest BCUT2D eigenvalue weighted by atomic mass is 9.95. The highest BCUT2D eigenvalue weighted by Crippen LogP contribution is 2.37. The zero-order valence-corrected chi connectivity index (χ0v) is 12.8. The van der Waals surface area contributed by atoms with Crippen LogP contribution in [0.2, 0.25) is 0 Å². The van der Waals surface area contributed by atoms with Crippen LogP contribution in [0, 0.1) is 19.7 Å². The van der Waals surface area contributed by atoms with Gasteiger partial charge in [-0.2, -0.15) is 0 Å². The summed E-state index contributed by atoms with van der Waals surface area (Å²) in [4.78, 5) is 1.16. The number of benzene rings is 2. The molecule has 0 aliphatic rings. The second-order valence-corrected chi connectivity index (χ2v) is 5.84. The Morgan fingerprint density at radius 1 is 1.11 bits per heavy atom. The molecule has 0 amide bonds. The van der Waals surface area contributed by atoms with E-state index in [0.29, 0.717) is 0 Å². The summed E-state index contributed by atoms with van der Waals surface area (Å²) in [6.45, 7) is 3.81. The molecule has 1 unspecified atom stereocenters. The molecule has 2 aromatic rings. The van der Waals surface area contributed by atoms with Crippen molar-refractivity contribution in [1.29, 1.82) is 0 Å². The molecule has 0 spiro atoms. The summed E-state index contributed by atoms with van der Waals surface area (Å²) in [6, 6.07) is 11.2. The average Bonchev–Trinajstić information content (AvgIpc) is 2.37. The predicted molar refractivity (Wildman–Crippen MR) is 81.8 cm³/mol. The van der Waals surface area contributed by atoms with E-state index in [-0.39, 0.29) is 11.2 Å². The first kappa shape index (κ1) is 14.4. The molecule has 2 aromatic carbocycles. The average molecular weight is 295 g/mol. The molecule has 3 heteroatoms. The molecule has 2 rings (SSSR count). The van der Waals surface area contributed by atoms with Gasteiger partial charge in [0.15, 0.2) is 0 Å². The molecule has 0 aliphatic heterocycles. The van der Waals surface area contributed by atoms with Gasteiger partial charge in [-0.15, -0.1) is 23.4 Å². The van der Waals surface area contributed by atoms with E-state index in [1.165, 1.54) is 0 Å². The number of rotatable bonds is 3. The number of thioether (sulfide) groups is 1. The first-order valence-corrected chi connectivity index (χ1v) is 7.74. The Kier molecular flexibility index (Phi) is 4.54. The summed E-state index contributed by atoms with van der Waals surface area (Å²) >= 11 is 8.32. The largest absolute Gasteiger partial charge is 0.207 e. The third-order valence-corrected chi connectivity index (χ3v) is 4.49. The van der Waals surface area contributed by atoms with Gasteiger partial charge in [0, 0.05) is 4.90 Å². The molecule has 0 radical (unpaired) electrons. The topological polar surface area (TPSA) is 0 Å². The van der Waals surface area contributed by atoms with Gasteiger partial charge in [0.1, 0.15) is 5.82 Å². The lowest BCUT2D eigenvalue weighted by Gasteiger charge is -2.18. The van der Waals surface area contributed by atoms with Crippen molar-refractivity contribution in [3.05, 3.63) is 64.5 Å². The van der Waals surface area contributed by atoms with Crippen molar-refractivity contribution < 1.29 is 4.39 Å². The van der Waals surface area contributed by atoms with E-state index >= 15 is 0 Å². The third-order valence-electron chi connectivity index (χ3n) is 3.22. The standard InChI is InChI=1S/C16H16ClFS/c1-10-8-12(18)9-11(2)15(10)16(17)13-6-4-5-7-14(13)19-3/h4-9,16H,1-3H3. The van der Waals surface area contributed by atoms with Gasteiger partial charge in [-0.1, -0.05) is 18.2 Å². The van der Waals surface area contributed by atoms with Crippen molar-refractivity contribution in [2.45, 2.75) is 24.1 Å². The summed E-state index contributed by atoms with van der Waals surface area (Å²) in [5.74, 6) is -0.208. The second kappa shape index (κ2) is 5.98. The summed E-state index contributed by atoms with van der Waals surface area (Å²) in [7, 11) is 0. The Labute approximate surface area is 123 Å². The van der Waals surface area contributed by atoms with Gasteiger partial charge in [-0.05, 0) is 60.6 Å². The van der Waals surface area contributed by atoms with Crippen molar-refractivity contribution in [2.75, 3.05) is 6.26 Å². The summed E-state index contributed by atoms with van der Waals surface area (Å²) in [6.07, 6.45) is 2.03. The number of aryl methyl sites for hydroxylation is 2. The Hall–Kier alpha value is -0.990. The molecule has 0 heterocycles. The fraction of sp³-hybridized carbons (Fsp3) is 0.250. The van der Waals surface area contributed by atoms with E-state index in [0.717, 1.165) is 27.1 Å². The molecule has 19 heavy (non-hydrogen) atoms. The minimum absolute atomic E-state index is 0.208. The van der Waals surface area contributed by atoms with Crippen LogP contribution in [0.4, 0.5) is 4.39 Å². The lowest BCUT2D eigenvalue weighted by Crippen LogP contribution is -2.02. The molecule has 0 aromatic heterocycles. The quantitative estimate of drug-likeness (QED) is 0.532. The number of hydrogen-bond donors (Lipinski definition) is 0. The molecule has 0 saturated heterocycles. The van der Waals surface area contributed by atoms with E-state index in [1.54, 1.807) is 23.9 Å². The molecule has 0 saturated carbocycles. The zero-order valence-electron chi connectivity index (χ0n) is 11.2. The van der Waals surface area contributed by atoms with Gasteiger partial charge in [0.05, 0.1) is 5.38 Å². The molecular weight excluding hydrogens is 279 g/mol. The first-order valence-electron chi connectivity index (χ1n) is 6.08. The van der Waals surface area contributed by atoms with Crippen LogP contribution in [0.15, 0.2) is 41.3 Å². The maximum Gasteiger partial charge on any atom is 0.123 e. The van der Waals surface area contributed by atoms with Gasteiger partial charge in [-0.25, -0.2) is 4.39 Å². The Morgan fingerprint density at radius 2 is 1.68 bits per heavy atom. The normalized spacial score (nSPS) is 12.5. The minimum atomic E-state index is -0.246. The van der Waals surface area contributed by atoms with Crippen LogP contribution >= 0.6 is 23.4 Å². The molecule has 1 atom stereocenters. The van der Waals surface area contributed by atoms with Crippen molar-refractivity contribution >= 4 is 23.4 Å². The Bertz CT molecular complexity index is 572. The van der Waals surface area contributed by atoms with Crippen molar-refractivity contribution in [3.63, 3.8) is 0 Å². The van der Waals surface area contributed by atoms with Gasteiger partial charge in [0.25, 0.3) is 0 Å². The summed E-state index contributed by atoms with van der Waals surface area (Å²) < 4.78 is 13.4. The van der Waals surface area contributed by atoms with Crippen LogP contribution in [-0.4, -0.2) is 6.26 Å². The van der Waals surface area contributed by atoms with Crippen molar-refractivity contribution in [1.82, 2.24) is 0 Å². The van der Waals surface area contributed by atoms with Crippen molar-refractivity contribution in [3.8, 4) is 0 Å². The first-order chi connectivity index (χ1) is 9.04. The lowest BCUT2D eigenvalue weighted by molar-refractivity contribution is 0.624. The number of hydrogen-bond acceptors (Lipinski definition) is 1. The van der Waals surface area contributed by atoms with Gasteiger partial charge in [0.2, 0.25) is 0 Å². The highest BCUT2D eigenvalue weighted by atomic mass is 35.5. The van der Waals surface area contributed by atoms with Crippen molar-refractivity contribution in [2.24, 2.45) is 0 Å². The van der Waals surface area contributed by atoms with Gasteiger partial charge >= 0.3 is 0 Å². The fourth-order valence-electron chi connectivity index (χ4n) is 2.35. The van der Waals surface area contributed by atoms with Crippen LogP contribution < -0.4 is 0 Å². The monoisotopic (exact) mass is 294 g/mol. The highest BCUT2D eigenvalue weighted by molar-refractivity contribution is 7.98. The van der Waals surface area contributed by atoms with Crippen LogP contribution in [-0.2, 0) is 0 Å². The maximum absolute atomic E-state index is 13.4. The Balaban J connectivity index is 2.53.